The quantitative estimate of drug-likeness (QED) is 0.672. The molecule has 0 fully saturated rings. The van der Waals surface area contributed by atoms with E-state index in [2.05, 4.69) is 13.8 Å². The Balaban J connectivity index is 2.40. The van der Waals surface area contributed by atoms with Gasteiger partial charge in [-0.1, -0.05) is 25.4 Å². The van der Waals surface area contributed by atoms with Crippen molar-refractivity contribution >= 4 is 17.1 Å². The maximum absolute atomic E-state index is 13.3. The summed E-state index contributed by atoms with van der Waals surface area (Å²) in [5.41, 5.74) is 4.38. The molecule has 3 aromatic rings. The Morgan fingerprint density at radius 1 is 1.23 bits per heavy atom. The van der Waals surface area contributed by atoms with Gasteiger partial charge >= 0.3 is 0 Å². The van der Waals surface area contributed by atoms with Crippen LogP contribution >= 0.6 is 11.6 Å². The van der Waals surface area contributed by atoms with Crippen LogP contribution in [0.1, 0.15) is 43.5 Å². The van der Waals surface area contributed by atoms with Crippen molar-refractivity contribution in [3.63, 3.8) is 0 Å². The van der Waals surface area contributed by atoms with E-state index in [9.17, 15) is 4.79 Å². The molecule has 0 aliphatic carbocycles. The summed E-state index contributed by atoms with van der Waals surface area (Å²) < 4.78 is 8.76. The number of hydrogen-bond donors (Lipinski definition) is 0. The smallest absolute Gasteiger partial charge is 0.278 e. The Kier molecular flexibility index (Phi) is 4.84. The number of hydrogen-bond acceptors (Lipinski definition) is 3. The van der Waals surface area contributed by atoms with E-state index >= 15 is 0 Å². The molecule has 6 heteroatoms. The molecule has 138 valence electrons. The van der Waals surface area contributed by atoms with Gasteiger partial charge < -0.3 is 4.74 Å². The van der Waals surface area contributed by atoms with Crippen LogP contribution in [0.3, 0.4) is 0 Å². The highest BCUT2D eigenvalue weighted by molar-refractivity contribution is 6.32. The molecular weight excluding hydrogens is 350 g/mol. The zero-order chi connectivity index (χ0) is 19.2. The maximum Gasteiger partial charge on any atom is 0.278 e. The largest absolute Gasteiger partial charge is 0.495 e. The van der Waals surface area contributed by atoms with Crippen molar-refractivity contribution in [1.82, 2.24) is 14.2 Å². The Morgan fingerprint density at radius 2 is 1.92 bits per heavy atom. The molecule has 0 saturated heterocycles. The van der Waals surface area contributed by atoms with E-state index < -0.39 is 0 Å². The number of rotatable bonds is 4. The molecule has 3 rings (SSSR count). The van der Waals surface area contributed by atoms with Crippen molar-refractivity contribution in [3.8, 4) is 17.1 Å². The molecule has 26 heavy (non-hydrogen) atoms. The second kappa shape index (κ2) is 6.80. The van der Waals surface area contributed by atoms with Crippen LogP contribution in [0, 0.1) is 13.8 Å². The summed E-state index contributed by atoms with van der Waals surface area (Å²) in [4.78, 5) is 13.3. The fourth-order valence-electron chi connectivity index (χ4n) is 3.35. The van der Waals surface area contributed by atoms with Crippen LogP contribution in [-0.2, 0) is 6.54 Å². The molecular formula is C20H24ClN3O2. The second-order valence-corrected chi connectivity index (χ2v) is 7.24. The van der Waals surface area contributed by atoms with Crippen molar-refractivity contribution < 1.29 is 4.74 Å². The number of nitrogens with zero attached hydrogens (tertiary/aromatic N) is 3. The number of ether oxygens (including phenoxy) is 1. The van der Waals surface area contributed by atoms with E-state index in [-0.39, 0.29) is 11.5 Å². The van der Waals surface area contributed by atoms with Crippen LogP contribution in [-0.4, -0.2) is 21.3 Å². The van der Waals surface area contributed by atoms with Gasteiger partial charge in [0, 0.05) is 17.8 Å². The van der Waals surface area contributed by atoms with Crippen LogP contribution < -0.4 is 10.3 Å². The number of halogens is 1. The molecule has 0 radical (unpaired) electrons. The van der Waals surface area contributed by atoms with Crippen molar-refractivity contribution in [2.45, 2.75) is 47.1 Å². The summed E-state index contributed by atoms with van der Waals surface area (Å²) in [7, 11) is 1.59. The molecule has 0 saturated carbocycles. The number of benzene rings is 1. The first-order valence-electron chi connectivity index (χ1n) is 8.77. The summed E-state index contributed by atoms with van der Waals surface area (Å²) in [5, 5.41) is 5.31. The topological polar surface area (TPSA) is 48.5 Å². The predicted octanol–water partition coefficient (Wildman–Crippen LogP) is 4.59. The number of aryl methyl sites for hydroxylation is 2. The highest BCUT2D eigenvalue weighted by Crippen LogP contribution is 2.33. The first-order valence-corrected chi connectivity index (χ1v) is 9.15. The van der Waals surface area contributed by atoms with E-state index in [1.54, 1.807) is 16.2 Å². The lowest BCUT2D eigenvalue weighted by Gasteiger charge is -2.15. The fourth-order valence-corrected chi connectivity index (χ4v) is 3.59. The van der Waals surface area contributed by atoms with Gasteiger partial charge in [0.05, 0.1) is 12.1 Å². The van der Waals surface area contributed by atoms with Gasteiger partial charge in [0.15, 0.2) is 5.82 Å². The van der Waals surface area contributed by atoms with Gasteiger partial charge in [0.2, 0.25) is 0 Å². The van der Waals surface area contributed by atoms with Crippen LogP contribution in [0.25, 0.3) is 16.9 Å². The van der Waals surface area contributed by atoms with Crippen molar-refractivity contribution in [2.75, 3.05) is 7.11 Å². The van der Waals surface area contributed by atoms with Crippen LogP contribution in [0.4, 0.5) is 0 Å². The molecule has 0 spiro atoms. The first kappa shape index (κ1) is 18.5. The number of methoxy groups -OCH3 is 1. The minimum atomic E-state index is -0.0272. The van der Waals surface area contributed by atoms with Gasteiger partial charge in [0.1, 0.15) is 11.3 Å². The third kappa shape index (κ3) is 2.80. The first-order chi connectivity index (χ1) is 12.3. The monoisotopic (exact) mass is 373 g/mol. The summed E-state index contributed by atoms with van der Waals surface area (Å²) in [6.07, 6.45) is 0. The average Bonchev–Trinajstić information content (AvgIpc) is 2.94. The summed E-state index contributed by atoms with van der Waals surface area (Å²) in [6.45, 7) is 10.6. The van der Waals surface area contributed by atoms with E-state index in [0.717, 1.165) is 22.4 Å². The van der Waals surface area contributed by atoms with Gasteiger partial charge in [-0.15, -0.1) is 5.10 Å². The minimum absolute atomic E-state index is 0.0272. The zero-order valence-electron chi connectivity index (χ0n) is 16.1. The summed E-state index contributed by atoms with van der Waals surface area (Å²) in [5.74, 6) is 1.47. The molecule has 5 nitrogen and oxygen atoms in total. The van der Waals surface area contributed by atoms with E-state index in [1.165, 1.54) is 0 Å². The van der Waals surface area contributed by atoms with Crippen molar-refractivity contribution in [1.29, 1.82) is 0 Å². The van der Waals surface area contributed by atoms with E-state index in [4.69, 9.17) is 21.4 Å². The molecule has 0 unspecified atom stereocenters. The second-order valence-electron chi connectivity index (χ2n) is 6.83. The molecule has 2 aromatic heterocycles. The lowest BCUT2D eigenvalue weighted by molar-refractivity contribution is 0.415. The van der Waals surface area contributed by atoms with E-state index in [1.807, 2.05) is 39.0 Å². The van der Waals surface area contributed by atoms with Crippen LogP contribution in [0.5, 0.6) is 5.75 Å². The Hall–Kier alpha value is -2.27. The van der Waals surface area contributed by atoms with Gasteiger partial charge in [0.25, 0.3) is 5.56 Å². The standard InChI is InChI=1S/C20H24ClN3O2/c1-7-23-19(15-10-16(21)17(26-6)8-12(15)4)22-24-13(5)9-14(11(2)3)18(24)20(23)25/h8-11H,7H2,1-6H3. The van der Waals surface area contributed by atoms with Crippen LogP contribution in [0.15, 0.2) is 23.0 Å². The third-order valence-corrected chi connectivity index (χ3v) is 5.06. The Morgan fingerprint density at radius 3 is 2.50 bits per heavy atom. The van der Waals surface area contributed by atoms with E-state index in [0.29, 0.717) is 28.7 Å². The third-order valence-electron chi connectivity index (χ3n) is 4.76. The maximum atomic E-state index is 13.3. The predicted molar refractivity (Wildman–Crippen MR) is 106 cm³/mol. The number of fused-ring (bicyclic) bond motifs is 1. The van der Waals surface area contributed by atoms with Gasteiger partial charge in [-0.05, 0) is 56.0 Å². The lowest BCUT2D eigenvalue weighted by Crippen LogP contribution is -2.26. The molecule has 0 N–H and O–H groups in total. The normalized spacial score (nSPS) is 11.5. The Bertz CT molecular complexity index is 1050. The van der Waals surface area contributed by atoms with Crippen LogP contribution in [0.2, 0.25) is 5.02 Å². The highest BCUT2D eigenvalue weighted by atomic mass is 35.5. The molecule has 0 atom stereocenters. The van der Waals surface area contributed by atoms with Crippen molar-refractivity contribution in [3.05, 3.63) is 50.4 Å². The Labute approximate surface area is 158 Å². The van der Waals surface area contributed by atoms with Gasteiger partial charge in [-0.2, -0.15) is 0 Å². The molecule has 0 bridgehead atoms. The molecule has 1 aromatic carbocycles. The molecule has 0 aliphatic heterocycles. The summed E-state index contributed by atoms with van der Waals surface area (Å²) >= 11 is 6.33. The SMILES string of the molecule is CCn1c(-c2cc(Cl)c(OC)cc2C)nn2c(C)cc(C(C)C)c2c1=O. The number of aromatic nitrogens is 3. The molecule has 0 amide bonds. The molecule has 2 heterocycles. The average molecular weight is 374 g/mol. The minimum Gasteiger partial charge on any atom is -0.495 e. The lowest BCUT2D eigenvalue weighted by atomic mass is 10.1. The fraction of sp³-hybridized carbons (Fsp3) is 0.400. The van der Waals surface area contributed by atoms with Crippen molar-refractivity contribution in [2.24, 2.45) is 0 Å². The molecule has 0 aliphatic rings. The van der Waals surface area contributed by atoms with Gasteiger partial charge in [-0.3, -0.25) is 9.36 Å². The zero-order valence-corrected chi connectivity index (χ0v) is 16.8. The summed E-state index contributed by atoms with van der Waals surface area (Å²) in [6, 6.07) is 5.74. The highest BCUT2D eigenvalue weighted by Gasteiger charge is 2.20. The van der Waals surface area contributed by atoms with Gasteiger partial charge in [-0.25, -0.2) is 4.52 Å².